The average molecular weight is 312 g/mol. The molecule has 2 saturated carbocycles. The number of carbonyl (C=O) groups excluding carboxylic acids is 1. The first-order chi connectivity index (χ1) is 9.61. The Balaban J connectivity index is 1.49. The number of rotatable bonds is 4. The standard InChI is InChI=1S/C16H19Cl2NO/c17-14-4-3-12(15(18)8-14)9-19-16(20)7-13-6-10-1-2-11(13)5-10/h3-4,8,10-11,13H,1-2,5-7,9H2,(H,19,20)/t10-,11-,13-/m1/s1. The molecule has 0 heterocycles. The molecule has 0 aliphatic heterocycles. The number of hydrogen-bond donors (Lipinski definition) is 1. The molecule has 2 nitrogen and oxygen atoms in total. The van der Waals surface area contributed by atoms with Crippen LogP contribution in [0.4, 0.5) is 0 Å². The van der Waals surface area contributed by atoms with Crippen LogP contribution in [0.5, 0.6) is 0 Å². The first kappa shape index (κ1) is 14.2. The van der Waals surface area contributed by atoms with Crippen LogP contribution in [0.1, 0.15) is 37.7 Å². The molecule has 1 amide bonds. The highest BCUT2D eigenvalue weighted by atomic mass is 35.5. The molecule has 2 bridgehead atoms. The molecule has 1 N–H and O–H groups in total. The fraction of sp³-hybridized carbons (Fsp3) is 0.562. The zero-order chi connectivity index (χ0) is 14.1. The average Bonchev–Trinajstić information content (AvgIpc) is 3.00. The lowest BCUT2D eigenvalue weighted by Crippen LogP contribution is -2.27. The van der Waals surface area contributed by atoms with Crippen LogP contribution in [0.2, 0.25) is 10.0 Å². The van der Waals surface area contributed by atoms with Gasteiger partial charge in [-0.05, 0) is 54.7 Å². The van der Waals surface area contributed by atoms with Crippen molar-refractivity contribution in [2.45, 2.75) is 38.6 Å². The Morgan fingerprint density at radius 2 is 2.10 bits per heavy atom. The van der Waals surface area contributed by atoms with Gasteiger partial charge in [-0.1, -0.05) is 35.7 Å². The highest BCUT2D eigenvalue weighted by molar-refractivity contribution is 6.35. The minimum absolute atomic E-state index is 0.147. The van der Waals surface area contributed by atoms with Crippen LogP contribution in [0, 0.1) is 17.8 Å². The quantitative estimate of drug-likeness (QED) is 0.875. The van der Waals surface area contributed by atoms with Crippen molar-refractivity contribution in [3.8, 4) is 0 Å². The third kappa shape index (κ3) is 3.12. The zero-order valence-electron chi connectivity index (χ0n) is 11.4. The van der Waals surface area contributed by atoms with E-state index in [0.717, 1.165) is 17.4 Å². The minimum Gasteiger partial charge on any atom is -0.352 e. The summed E-state index contributed by atoms with van der Waals surface area (Å²) in [6.45, 7) is 0.482. The first-order valence-corrected chi connectivity index (χ1v) is 8.08. The predicted octanol–water partition coefficient (Wildman–Crippen LogP) is 4.44. The molecule has 0 aromatic heterocycles. The number of halogens is 2. The van der Waals surface area contributed by atoms with Gasteiger partial charge in [-0.25, -0.2) is 0 Å². The van der Waals surface area contributed by atoms with Gasteiger partial charge in [0.15, 0.2) is 0 Å². The molecule has 0 unspecified atom stereocenters. The summed E-state index contributed by atoms with van der Waals surface area (Å²) in [6, 6.07) is 5.37. The molecule has 2 fully saturated rings. The van der Waals surface area contributed by atoms with Gasteiger partial charge in [0.1, 0.15) is 0 Å². The lowest BCUT2D eigenvalue weighted by molar-refractivity contribution is -0.122. The molecule has 3 rings (SSSR count). The van der Waals surface area contributed by atoms with E-state index in [9.17, 15) is 4.79 Å². The van der Waals surface area contributed by atoms with Gasteiger partial charge in [0, 0.05) is 23.0 Å². The molecule has 1 aromatic rings. The molecular formula is C16H19Cl2NO. The summed E-state index contributed by atoms with van der Waals surface area (Å²) in [7, 11) is 0. The van der Waals surface area contributed by atoms with Gasteiger partial charge in [0.2, 0.25) is 5.91 Å². The van der Waals surface area contributed by atoms with E-state index in [0.29, 0.717) is 28.9 Å². The normalized spacial score (nSPS) is 27.8. The van der Waals surface area contributed by atoms with Crippen LogP contribution >= 0.6 is 23.2 Å². The van der Waals surface area contributed by atoms with Crippen molar-refractivity contribution in [3.05, 3.63) is 33.8 Å². The van der Waals surface area contributed by atoms with E-state index in [1.54, 1.807) is 12.1 Å². The Labute approximate surface area is 129 Å². The van der Waals surface area contributed by atoms with Crippen LogP contribution in [0.15, 0.2) is 18.2 Å². The highest BCUT2D eigenvalue weighted by Gasteiger charge is 2.39. The lowest BCUT2D eigenvalue weighted by Gasteiger charge is -2.21. The number of hydrogen-bond acceptors (Lipinski definition) is 1. The minimum atomic E-state index is 0.147. The molecule has 2 aliphatic carbocycles. The van der Waals surface area contributed by atoms with Crippen molar-refractivity contribution >= 4 is 29.1 Å². The summed E-state index contributed by atoms with van der Waals surface area (Å²) in [5.41, 5.74) is 0.914. The van der Waals surface area contributed by atoms with Crippen LogP contribution < -0.4 is 5.32 Å². The summed E-state index contributed by atoms with van der Waals surface area (Å²) in [5, 5.41) is 4.21. The largest absolute Gasteiger partial charge is 0.352 e. The number of nitrogens with one attached hydrogen (secondary N) is 1. The number of amides is 1. The molecule has 1 aromatic carbocycles. The number of benzene rings is 1. The van der Waals surface area contributed by atoms with Gasteiger partial charge < -0.3 is 5.32 Å². The van der Waals surface area contributed by atoms with Crippen molar-refractivity contribution in [2.75, 3.05) is 0 Å². The first-order valence-electron chi connectivity index (χ1n) is 7.32. The third-order valence-electron chi connectivity index (χ3n) is 4.82. The van der Waals surface area contributed by atoms with E-state index in [1.165, 1.54) is 25.7 Å². The molecule has 0 radical (unpaired) electrons. The number of fused-ring (bicyclic) bond motifs is 2. The topological polar surface area (TPSA) is 29.1 Å². The molecule has 0 spiro atoms. The smallest absolute Gasteiger partial charge is 0.220 e. The molecule has 20 heavy (non-hydrogen) atoms. The van der Waals surface area contributed by atoms with E-state index < -0.39 is 0 Å². The second-order valence-electron chi connectivity index (χ2n) is 6.15. The van der Waals surface area contributed by atoms with Gasteiger partial charge in [0.25, 0.3) is 0 Å². The Hall–Kier alpha value is -0.730. The maximum atomic E-state index is 12.0. The van der Waals surface area contributed by atoms with Crippen molar-refractivity contribution in [2.24, 2.45) is 17.8 Å². The van der Waals surface area contributed by atoms with Crippen LogP contribution in [-0.4, -0.2) is 5.91 Å². The summed E-state index contributed by atoms with van der Waals surface area (Å²) in [5.74, 6) is 2.44. The SMILES string of the molecule is O=C(C[C@H]1C[C@@H]2CC[C@@H]1C2)NCc1ccc(Cl)cc1Cl. The summed E-state index contributed by atoms with van der Waals surface area (Å²) < 4.78 is 0. The van der Waals surface area contributed by atoms with Crippen LogP contribution in [0.25, 0.3) is 0 Å². The Kier molecular flexibility index (Phi) is 4.23. The second-order valence-corrected chi connectivity index (χ2v) is 7.00. The molecule has 3 atom stereocenters. The van der Waals surface area contributed by atoms with Gasteiger partial charge in [-0.3, -0.25) is 4.79 Å². The Morgan fingerprint density at radius 1 is 1.25 bits per heavy atom. The lowest BCUT2D eigenvalue weighted by atomic mass is 9.86. The summed E-state index contributed by atoms with van der Waals surface area (Å²) in [6.07, 6.45) is 5.97. The van der Waals surface area contributed by atoms with Crippen molar-refractivity contribution < 1.29 is 4.79 Å². The fourth-order valence-corrected chi connectivity index (χ4v) is 4.27. The maximum Gasteiger partial charge on any atom is 0.220 e. The Bertz CT molecular complexity index is 517. The molecule has 108 valence electrons. The number of carbonyl (C=O) groups is 1. The van der Waals surface area contributed by atoms with E-state index in [1.807, 2.05) is 6.07 Å². The molecule has 0 saturated heterocycles. The van der Waals surface area contributed by atoms with Crippen LogP contribution in [0.3, 0.4) is 0 Å². The van der Waals surface area contributed by atoms with E-state index in [2.05, 4.69) is 5.32 Å². The summed E-state index contributed by atoms with van der Waals surface area (Å²) in [4.78, 5) is 12.0. The monoisotopic (exact) mass is 311 g/mol. The summed E-state index contributed by atoms with van der Waals surface area (Å²) >= 11 is 12.0. The van der Waals surface area contributed by atoms with E-state index >= 15 is 0 Å². The second kappa shape index (κ2) is 5.95. The van der Waals surface area contributed by atoms with E-state index in [-0.39, 0.29) is 5.91 Å². The predicted molar refractivity (Wildman–Crippen MR) is 81.9 cm³/mol. The van der Waals surface area contributed by atoms with Gasteiger partial charge >= 0.3 is 0 Å². The molecular weight excluding hydrogens is 293 g/mol. The molecule has 2 aliphatic rings. The van der Waals surface area contributed by atoms with Gasteiger partial charge in [0.05, 0.1) is 0 Å². The zero-order valence-corrected chi connectivity index (χ0v) is 12.9. The van der Waals surface area contributed by atoms with Gasteiger partial charge in [-0.15, -0.1) is 0 Å². The molecule has 4 heteroatoms. The maximum absolute atomic E-state index is 12.0. The van der Waals surface area contributed by atoms with Crippen molar-refractivity contribution in [1.29, 1.82) is 0 Å². The fourth-order valence-electron chi connectivity index (χ4n) is 3.80. The Morgan fingerprint density at radius 3 is 2.75 bits per heavy atom. The van der Waals surface area contributed by atoms with Crippen molar-refractivity contribution in [3.63, 3.8) is 0 Å². The third-order valence-corrected chi connectivity index (χ3v) is 5.41. The van der Waals surface area contributed by atoms with Crippen molar-refractivity contribution in [1.82, 2.24) is 5.32 Å². The highest BCUT2D eigenvalue weighted by Crippen LogP contribution is 2.49. The van der Waals surface area contributed by atoms with Crippen LogP contribution in [-0.2, 0) is 11.3 Å². The van der Waals surface area contributed by atoms with Gasteiger partial charge in [-0.2, -0.15) is 0 Å². The van der Waals surface area contributed by atoms with E-state index in [4.69, 9.17) is 23.2 Å².